The molecule has 1 saturated heterocycles. The van der Waals surface area contributed by atoms with Crippen molar-refractivity contribution < 1.29 is 13.2 Å². The summed E-state index contributed by atoms with van der Waals surface area (Å²) in [7, 11) is -1.66. The number of methoxy groups -OCH3 is 1. The molecule has 1 aliphatic heterocycles. The Balaban J connectivity index is 0.00000300. The number of sulfone groups is 1. The smallest absolute Gasteiger partial charge is 0.178 e. The van der Waals surface area contributed by atoms with Crippen molar-refractivity contribution in [1.29, 1.82) is 0 Å². The van der Waals surface area contributed by atoms with Gasteiger partial charge in [0.05, 0.1) is 10.6 Å². The van der Waals surface area contributed by atoms with Crippen LogP contribution >= 0.6 is 12.4 Å². The summed E-state index contributed by atoms with van der Waals surface area (Å²) in [4.78, 5) is 2.95. The second kappa shape index (κ2) is 11.1. The lowest BCUT2D eigenvalue weighted by Crippen LogP contribution is -2.28. The van der Waals surface area contributed by atoms with Gasteiger partial charge in [0.2, 0.25) is 0 Å². The first-order valence-electron chi connectivity index (χ1n) is 10.1. The minimum atomic E-state index is -3.24. The van der Waals surface area contributed by atoms with Crippen molar-refractivity contribution in [1.82, 2.24) is 4.90 Å². The minimum absolute atomic E-state index is 0. The van der Waals surface area contributed by atoms with Crippen LogP contribution in [0, 0.1) is 0 Å². The molecule has 29 heavy (non-hydrogen) atoms. The lowest BCUT2D eigenvalue weighted by Gasteiger charge is -2.20. The van der Waals surface area contributed by atoms with E-state index in [2.05, 4.69) is 36.1 Å². The molecule has 0 N–H and O–H groups in total. The fraction of sp³-hybridized carbons (Fsp3) is 0.478. The van der Waals surface area contributed by atoms with Crippen molar-refractivity contribution in [2.24, 2.45) is 0 Å². The van der Waals surface area contributed by atoms with E-state index >= 15 is 0 Å². The van der Waals surface area contributed by atoms with E-state index in [1.807, 2.05) is 12.1 Å². The summed E-state index contributed by atoms with van der Waals surface area (Å²) in [6.07, 6.45) is 4.22. The normalized spacial score (nSPS) is 17.2. The van der Waals surface area contributed by atoms with Crippen LogP contribution in [0.15, 0.2) is 53.4 Å². The van der Waals surface area contributed by atoms with Gasteiger partial charge in [-0.2, -0.15) is 0 Å². The van der Waals surface area contributed by atoms with E-state index in [0.29, 0.717) is 24.0 Å². The van der Waals surface area contributed by atoms with Gasteiger partial charge >= 0.3 is 0 Å². The number of likely N-dealkylation sites (tertiary alicyclic amines) is 1. The highest BCUT2D eigenvalue weighted by Gasteiger charge is 2.19. The number of hydrogen-bond donors (Lipinski definition) is 0. The van der Waals surface area contributed by atoms with E-state index in [4.69, 9.17) is 4.74 Å². The number of nitrogens with zero attached hydrogens (tertiary/aromatic N) is 1. The van der Waals surface area contributed by atoms with Crippen LogP contribution in [0.5, 0.6) is 0 Å². The number of halogens is 1. The molecule has 4 nitrogen and oxygen atoms in total. The zero-order valence-corrected chi connectivity index (χ0v) is 19.0. The van der Waals surface area contributed by atoms with E-state index in [0.717, 1.165) is 24.1 Å². The monoisotopic (exact) mass is 437 g/mol. The molecule has 0 aromatic heterocycles. The Hall–Kier alpha value is -1.40. The van der Waals surface area contributed by atoms with Crippen LogP contribution in [-0.4, -0.2) is 51.9 Å². The van der Waals surface area contributed by atoms with Gasteiger partial charge in [-0.3, -0.25) is 0 Å². The summed E-state index contributed by atoms with van der Waals surface area (Å²) >= 11 is 0. The quantitative estimate of drug-likeness (QED) is 0.537. The summed E-state index contributed by atoms with van der Waals surface area (Å²) in [6, 6.07) is 16.5. The van der Waals surface area contributed by atoms with E-state index in [-0.39, 0.29) is 18.2 Å². The Bertz CT molecular complexity index is 851. The van der Waals surface area contributed by atoms with Crippen LogP contribution in [0.1, 0.15) is 31.7 Å². The van der Waals surface area contributed by atoms with Gasteiger partial charge in [0.25, 0.3) is 0 Å². The molecule has 2 aromatic rings. The number of benzene rings is 2. The summed E-state index contributed by atoms with van der Waals surface area (Å²) in [6.45, 7) is 5.12. The third-order valence-electron chi connectivity index (χ3n) is 5.64. The fourth-order valence-electron chi connectivity index (χ4n) is 3.83. The molecule has 0 amide bonds. The first-order valence-corrected chi connectivity index (χ1v) is 11.8. The third kappa shape index (κ3) is 6.54. The standard InChI is InChI=1S/C23H31NO3S.ClH/c1-19-5-3-15-24(19)16-14-20-6-8-21(9-7-20)22-10-12-23(13-11-22)28(25,26)18-4-17-27-2;/h6-13,19H,3-5,14-18H2,1-2H3;1H/t19-;/m1./s1. The Morgan fingerprint density at radius 3 is 2.21 bits per heavy atom. The molecule has 0 aliphatic carbocycles. The van der Waals surface area contributed by atoms with Crippen LogP contribution in [0.3, 0.4) is 0 Å². The second-order valence-corrected chi connectivity index (χ2v) is 9.77. The summed E-state index contributed by atoms with van der Waals surface area (Å²) in [5, 5.41) is 0. The zero-order chi connectivity index (χ0) is 20.0. The van der Waals surface area contributed by atoms with E-state index < -0.39 is 9.84 Å². The number of ether oxygens (including phenoxy) is 1. The lowest BCUT2D eigenvalue weighted by atomic mass is 10.0. The zero-order valence-electron chi connectivity index (χ0n) is 17.3. The average Bonchev–Trinajstić information content (AvgIpc) is 3.12. The Labute approximate surface area is 181 Å². The molecule has 0 radical (unpaired) electrons. The van der Waals surface area contributed by atoms with E-state index in [9.17, 15) is 8.42 Å². The number of hydrogen-bond acceptors (Lipinski definition) is 4. The second-order valence-electron chi connectivity index (χ2n) is 7.66. The SMILES string of the molecule is COCCCS(=O)(=O)c1ccc(-c2ccc(CCN3CCC[C@H]3C)cc2)cc1.Cl. The number of rotatable bonds is 9. The van der Waals surface area contributed by atoms with Crippen molar-refractivity contribution in [2.45, 2.75) is 43.5 Å². The molecule has 1 heterocycles. The first-order chi connectivity index (χ1) is 13.5. The minimum Gasteiger partial charge on any atom is -0.385 e. The highest BCUT2D eigenvalue weighted by atomic mass is 35.5. The molecule has 6 heteroatoms. The van der Waals surface area contributed by atoms with Crippen molar-refractivity contribution in [2.75, 3.05) is 32.6 Å². The van der Waals surface area contributed by atoms with Crippen LogP contribution in [0.25, 0.3) is 11.1 Å². The third-order valence-corrected chi connectivity index (χ3v) is 7.46. The fourth-order valence-corrected chi connectivity index (χ4v) is 5.11. The van der Waals surface area contributed by atoms with Gasteiger partial charge in [-0.15, -0.1) is 12.4 Å². The highest BCUT2D eigenvalue weighted by Crippen LogP contribution is 2.23. The summed E-state index contributed by atoms with van der Waals surface area (Å²) in [5.41, 5.74) is 3.50. The van der Waals surface area contributed by atoms with Gasteiger partial charge in [-0.25, -0.2) is 8.42 Å². The predicted octanol–water partition coefficient (Wildman–Crippen LogP) is 4.61. The van der Waals surface area contributed by atoms with Gasteiger partial charge in [0, 0.05) is 26.3 Å². The van der Waals surface area contributed by atoms with Crippen molar-refractivity contribution >= 4 is 22.2 Å². The van der Waals surface area contributed by atoms with Gasteiger partial charge in [0.15, 0.2) is 9.84 Å². The molecule has 0 bridgehead atoms. The summed E-state index contributed by atoms with van der Waals surface area (Å²) < 4.78 is 29.6. The molecule has 160 valence electrons. The average molecular weight is 438 g/mol. The highest BCUT2D eigenvalue weighted by molar-refractivity contribution is 7.91. The maximum atomic E-state index is 12.3. The van der Waals surface area contributed by atoms with Crippen LogP contribution in [0.2, 0.25) is 0 Å². The molecule has 2 aromatic carbocycles. The molecular formula is C23H32ClNO3S. The van der Waals surface area contributed by atoms with Gasteiger partial charge in [0.1, 0.15) is 0 Å². The molecule has 1 aliphatic rings. The molecular weight excluding hydrogens is 406 g/mol. The molecule has 0 saturated carbocycles. The first kappa shape index (κ1) is 23.9. The summed E-state index contributed by atoms with van der Waals surface area (Å²) in [5.74, 6) is 0.116. The van der Waals surface area contributed by atoms with Crippen LogP contribution in [0.4, 0.5) is 0 Å². The molecule has 0 spiro atoms. The van der Waals surface area contributed by atoms with Crippen molar-refractivity contribution in [3.63, 3.8) is 0 Å². The molecule has 1 atom stereocenters. The van der Waals surface area contributed by atoms with Gasteiger partial charge in [-0.05, 0) is 68.0 Å². The Morgan fingerprint density at radius 1 is 1.03 bits per heavy atom. The lowest BCUT2D eigenvalue weighted by molar-refractivity contribution is 0.199. The Kier molecular flexibility index (Phi) is 9.15. The largest absolute Gasteiger partial charge is 0.385 e. The maximum absolute atomic E-state index is 12.3. The topological polar surface area (TPSA) is 46.6 Å². The maximum Gasteiger partial charge on any atom is 0.178 e. The van der Waals surface area contributed by atoms with Crippen LogP contribution < -0.4 is 0 Å². The van der Waals surface area contributed by atoms with Gasteiger partial charge in [-0.1, -0.05) is 36.4 Å². The van der Waals surface area contributed by atoms with Crippen molar-refractivity contribution in [3.05, 3.63) is 54.1 Å². The Morgan fingerprint density at radius 2 is 1.66 bits per heavy atom. The van der Waals surface area contributed by atoms with Gasteiger partial charge < -0.3 is 9.64 Å². The van der Waals surface area contributed by atoms with E-state index in [1.165, 1.54) is 24.9 Å². The predicted molar refractivity (Wildman–Crippen MR) is 122 cm³/mol. The molecule has 0 unspecified atom stereocenters. The molecule has 3 rings (SSSR count). The molecule has 1 fully saturated rings. The van der Waals surface area contributed by atoms with E-state index in [1.54, 1.807) is 19.2 Å². The van der Waals surface area contributed by atoms with Crippen molar-refractivity contribution in [3.8, 4) is 11.1 Å². The van der Waals surface area contributed by atoms with Crippen LogP contribution in [-0.2, 0) is 21.0 Å².